The maximum atomic E-state index is 13.0. The van der Waals surface area contributed by atoms with E-state index in [1.165, 1.54) is 23.0 Å². The first-order chi connectivity index (χ1) is 15.3. The topological polar surface area (TPSA) is 37.6 Å². The van der Waals surface area contributed by atoms with Gasteiger partial charge in [-0.25, -0.2) is 4.99 Å². The van der Waals surface area contributed by atoms with Crippen LogP contribution in [0.2, 0.25) is 0 Å². The average Bonchev–Trinajstić information content (AvgIpc) is 3.20. The molecule has 0 unspecified atom stereocenters. The Morgan fingerprint density at radius 1 is 1.00 bits per heavy atom. The van der Waals surface area contributed by atoms with E-state index in [0.717, 1.165) is 40.2 Å². The number of hydrogen-bond donors (Lipinski definition) is 0. The molecular formula is C27H29N3OS. The van der Waals surface area contributed by atoms with Crippen molar-refractivity contribution in [2.24, 2.45) is 4.99 Å². The molecule has 0 spiro atoms. The van der Waals surface area contributed by atoms with Crippen LogP contribution in [0.4, 0.5) is 5.69 Å². The maximum absolute atomic E-state index is 13.0. The molecule has 0 atom stereocenters. The van der Waals surface area contributed by atoms with Gasteiger partial charge in [0.2, 0.25) is 0 Å². The fourth-order valence-corrected chi connectivity index (χ4v) is 5.17. The molecule has 2 heterocycles. The van der Waals surface area contributed by atoms with Crippen molar-refractivity contribution in [3.63, 3.8) is 0 Å². The first-order valence-corrected chi connectivity index (χ1v) is 11.7. The lowest BCUT2D eigenvalue weighted by atomic mass is 10.1. The van der Waals surface area contributed by atoms with E-state index in [1.807, 2.05) is 38.1 Å². The minimum absolute atomic E-state index is 0.0150. The van der Waals surface area contributed by atoms with Gasteiger partial charge in [0.15, 0.2) is 5.17 Å². The summed E-state index contributed by atoms with van der Waals surface area (Å²) in [4.78, 5) is 20.2. The van der Waals surface area contributed by atoms with Crippen LogP contribution in [0.25, 0.3) is 11.8 Å². The fraction of sp³-hybridized carbons (Fsp3) is 0.259. The fourth-order valence-electron chi connectivity index (χ4n) is 4.20. The molecule has 1 aromatic heterocycles. The predicted molar refractivity (Wildman–Crippen MR) is 136 cm³/mol. The van der Waals surface area contributed by atoms with Gasteiger partial charge in [-0.2, -0.15) is 0 Å². The molecule has 1 aliphatic heterocycles. The molecule has 1 aliphatic rings. The predicted octanol–water partition coefficient (Wildman–Crippen LogP) is 6.51. The Labute approximate surface area is 194 Å². The van der Waals surface area contributed by atoms with E-state index in [4.69, 9.17) is 4.99 Å². The number of carbonyl (C=O) groups excluding carboxylic acids is 1. The number of nitrogens with zero attached hydrogens (tertiary/aromatic N) is 3. The zero-order valence-electron chi connectivity index (χ0n) is 19.6. The highest BCUT2D eigenvalue weighted by Crippen LogP contribution is 2.36. The van der Waals surface area contributed by atoms with Gasteiger partial charge in [0.25, 0.3) is 5.91 Å². The van der Waals surface area contributed by atoms with E-state index in [2.05, 4.69) is 55.7 Å². The largest absolute Gasteiger partial charge is 0.318 e. The zero-order chi connectivity index (χ0) is 23.0. The van der Waals surface area contributed by atoms with E-state index < -0.39 is 0 Å². The number of amidine groups is 1. The normalized spacial score (nSPS) is 16.6. The second-order valence-corrected chi connectivity index (χ2v) is 9.26. The van der Waals surface area contributed by atoms with Crippen molar-refractivity contribution in [1.82, 2.24) is 9.47 Å². The second kappa shape index (κ2) is 8.83. The number of aromatic nitrogens is 1. The van der Waals surface area contributed by atoms with Crippen LogP contribution < -0.4 is 0 Å². The van der Waals surface area contributed by atoms with Gasteiger partial charge in [0.1, 0.15) is 0 Å². The molecule has 164 valence electrons. The Morgan fingerprint density at radius 3 is 2.38 bits per heavy atom. The number of thioether (sulfide) groups is 1. The Hall–Kier alpha value is -3.05. The molecule has 0 bridgehead atoms. The molecule has 1 fully saturated rings. The lowest BCUT2D eigenvalue weighted by molar-refractivity contribution is -0.121. The number of likely N-dealkylation sites (N-methyl/N-ethyl adjacent to an activating group) is 1. The minimum Gasteiger partial charge on any atom is -0.318 e. The number of benzene rings is 2. The Balaban J connectivity index is 1.73. The molecule has 1 saturated heterocycles. The number of aryl methyl sites for hydroxylation is 4. The van der Waals surface area contributed by atoms with Crippen molar-refractivity contribution in [3.8, 4) is 5.69 Å². The third-order valence-electron chi connectivity index (χ3n) is 6.02. The van der Waals surface area contributed by atoms with E-state index in [0.29, 0.717) is 10.1 Å². The van der Waals surface area contributed by atoms with Gasteiger partial charge < -0.3 is 4.57 Å². The van der Waals surface area contributed by atoms with Crippen molar-refractivity contribution < 1.29 is 4.79 Å². The highest BCUT2D eigenvalue weighted by atomic mass is 32.2. The summed E-state index contributed by atoms with van der Waals surface area (Å²) in [6, 6.07) is 16.8. The van der Waals surface area contributed by atoms with Crippen molar-refractivity contribution in [2.45, 2.75) is 41.0 Å². The highest BCUT2D eigenvalue weighted by molar-refractivity contribution is 8.18. The second-order valence-electron chi connectivity index (χ2n) is 8.25. The molecule has 4 nitrogen and oxygen atoms in total. The van der Waals surface area contributed by atoms with Crippen LogP contribution in [0.5, 0.6) is 0 Å². The Bertz CT molecular complexity index is 1250. The van der Waals surface area contributed by atoms with Gasteiger partial charge >= 0.3 is 0 Å². The van der Waals surface area contributed by atoms with E-state index in [-0.39, 0.29) is 5.91 Å². The van der Waals surface area contributed by atoms with E-state index >= 15 is 0 Å². The number of carbonyl (C=O) groups is 1. The average molecular weight is 444 g/mol. The van der Waals surface area contributed by atoms with E-state index in [1.54, 1.807) is 11.9 Å². The SMILES string of the molecule is CCc1ccccc1-n1c(C)cc(/C=C2\SC(=Nc3c(C)cccc3C)N(C)C2=O)c1C. The summed E-state index contributed by atoms with van der Waals surface area (Å²) in [6.07, 6.45) is 2.98. The third kappa shape index (κ3) is 3.93. The lowest BCUT2D eigenvalue weighted by Crippen LogP contribution is -2.23. The Kier molecular flexibility index (Phi) is 6.11. The first kappa shape index (κ1) is 22.2. The smallest absolute Gasteiger partial charge is 0.266 e. The molecule has 32 heavy (non-hydrogen) atoms. The van der Waals surface area contributed by atoms with Crippen molar-refractivity contribution >= 4 is 34.6 Å². The number of para-hydroxylation sites is 2. The molecule has 0 N–H and O–H groups in total. The van der Waals surface area contributed by atoms with Gasteiger partial charge in [0.05, 0.1) is 10.6 Å². The van der Waals surface area contributed by atoms with Crippen LogP contribution >= 0.6 is 11.8 Å². The van der Waals surface area contributed by atoms with Crippen LogP contribution in [0, 0.1) is 27.7 Å². The molecule has 0 aliphatic carbocycles. The molecule has 3 aromatic rings. The number of amides is 1. The molecule has 4 rings (SSSR count). The molecular weight excluding hydrogens is 414 g/mol. The first-order valence-electron chi connectivity index (χ1n) is 10.9. The monoisotopic (exact) mass is 443 g/mol. The summed E-state index contributed by atoms with van der Waals surface area (Å²) in [7, 11) is 1.80. The molecule has 2 aromatic carbocycles. The zero-order valence-corrected chi connectivity index (χ0v) is 20.4. The van der Waals surface area contributed by atoms with Gasteiger partial charge in [0, 0.05) is 24.1 Å². The Morgan fingerprint density at radius 2 is 1.69 bits per heavy atom. The summed E-state index contributed by atoms with van der Waals surface area (Å²) in [6.45, 7) is 10.5. The van der Waals surface area contributed by atoms with Crippen LogP contribution in [-0.4, -0.2) is 27.6 Å². The molecule has 0 radical (unpaired) electrons. The van der Waals surface area contributed by atoms with E-state index in [9.17, 15) is 4.79 Å². The number of rotatable bonds is 4. The van der Waals surface area contributed by atoms with Gasteiger partial charge in [-0.3, -0.25) is 9.69 Å². The lowest BCUT2D eigenvalue weighted by Gasteiger charge is -2.14. The standard InChI is InChI=1S/C27H29N3OS/c1-7-21-13-8-9-14-23(21)30-19(4)15-22(20(30)5)16-24-26(31)29(6)27(32-24)28-25-17(2)11-10-12-18(25)3/h8-16H,7H2,1-6H3/b24-16-,28-27?. The maximum Gasteiger partial charge on any atom is 0.266 e. The van der Waals surface area contributed by atoms with Gasteiger partial charge in [-0.1, -0.05) is 43.3 Å². The summed E-state index contributed by atoms with van der Waals surface area (Å²) in [5.41, 5.74) is 9.01. The quantitative estimate of drug-likeness (QED) is 0.431. The molecule has 5 heteroatoms. The molecule has 1 amide bonds. The van der Waals surface area contributed by atoms with Crippen molar-refractivity contribution in [3.05, 3.63) is 87.1 Å². The summed E-state index contributed by atoms with van der Waals surface area (Å²) in [5, 5.41) is 0.712. The van der Waals surface area contributed by atoms with Gasteiger partial charge in [-0.15, -0.1) is 0 Å². The minimum atomic E-state index is -0.0150. The van der Waals surface area contributed by atoms with Gasteiger partial charge in [-0.05, 0) is 86.3 Å². The summed E-state index contributed by atoms with van der Waals surface area (Å²) >= 11 is 1.44. The van der Waals surface area contributed by atoms with Crippen molar-refractivity contribution in [1.29, 1.82) is 0 Å². The van der Waals surface area contributed by atoms with Crippen LogP contribution in [0.3, 0.4) is 0 Å². The van der Waals surface area contributed by atoms with Crippen LogP contribution in [0.15, 0.2) is 58.4 Å². The number of hydrogen-bond acceptors (Lipinski definition) is 3. The third-order valence-corrected chi connectivity index (χ3v) is 7.08. The number of aliphatic imine (C=N–C) groups is 1. The highest BCUT2D eigenvalue weighted by Gasteiger charge is 2.31. The van der Waals surface area contributed by atoms with Crippen LogP contribution in [0.1, 0.15) is 40.6 Å². The summed E-state index contributed by atoms with van der Waals surface area (Å²) in [5.74, 6) is -0.0150. The summed E-state index contributed by atoms with van der Waals surface area (Å²) < 4.78 is 2.28. The van der Waals surface area contributed by atoms with Crippen LogP contribution in [-0.2, 0) is 11.2 Å². The van der Waals surface area contributed by atoms with Crippen molar-refractivity contribution in [2.75, 3.05) is 7.05 Å². The molecule has 0 saturated carbocycles.